The third-order valence-electron chi connectivity index (χ3n) is 2.71. The van der Waals surface area contributed by atoms with E-state index >= 15 is 0 Å². The summed E-state index contributed by atoms with van der Waals surface area (Å²) in [7, 11) is 0. The minimum atomic E-state index is -1.28. The lowest BCUT2D eigenvalue weighted by Gasteiger charge is -2.44. The lowest BCUT2D eigenvalue weighted by Crippen LogP contribution is -2.66. The zero-order chi connectivity index (χ0) is 14.7. The summed E-state index contributed by atoms with van der Waals surface area (Å²) >= 11 is 0. The molecular formula is C13H21N3O3. The predicted octanol–water partition coefficient (Wildman–Crippen LogP) is 1.59. The second-order valence-electron chi connectivity index (χ2n) is 4.83. The second-order valence-corrected chi connectivity index (χ2v) is 4.83. The zero-order valence-corrected chi connectivity index (χ0v) is 11.7. The molecule has 0 unspecified atom stereocenters. The van der Waals surface area contributed by atoms with Crippen LogP contribution >= 0.6 is 0 Å². The van der Waals surface area contributed by atoms with Crippen molar-refractivity contribution in [1.29, 1.82) is 0 Å². The minimum absolute atomic E-state index is 0.205. The molecular weight excluding hydrogens is 246 g/mol. The van der Waals surface area contributed by atoms with E-state index in [0.29, 0.717) is 0 Å². The Kier molecular flexibility index (Phi) is 4.72. The first kappa shape index (κ1) is 15.2. The molecule has 0 radical (unpaired) electrons. The predicted molar refractivity (Wildman–Crippen MR) is 72.2 cm³/mol. The van der Waals surface area contributed by atoms with Gasteiger partial charge in [-0.3, -0.25) is 9.80 Å². The van der Waals surface area contributed by atoms with Gasteiger partial charge in [-0.1, -0.05) is 24.3 Å². The van der Waals surface area contributed by atoms with Crippen LogP contribution in [0.1, 0.15) is 20.8 Å². The van der Waals surface area contributed by atoms with Crippen molar-refractivity contribution in [2.75, 3.05) is 19.6 Å². The Morgan fingerprint density at radius 3 is 1.74 bits per heavy atom. The van der Waals surface area contributed by atoms with Crippen molar-refractivity contribution in [2.45, 2.75) is 27.1 Å². The third-order valence-corrected chi connectivity index (χ3v) is 2.71. The molecule has 0 aromatic rings. The van der Waals surface area contributed by atoms with Crippen LogP contribution in [-0.4, -0.2) is 57.9 Å². The van der Waals surface area contributed by atoms with E-state index in [1.54, 1.807) is 20.8 Å². The maximum Gasteiger partial charge on any atom is 0.331 e. The van der Waals surface area contributed by atoms with Crippen molar-refractivity contribution < 1.29 is 14.7 Å². The lowest BCUT2D eigenvalue weighted by atomic mass is 10.2. The normalized spacial score (nSPS) is 17.2. The van der Waals surface area contributed by atoms with Crippen molar-refractivity contribution in [1.82, 2.24) is 14.7 Å². The molecule has 4 amide bonds. The molecule has 0 saturated carbocycles. The van der Waals surface area contributed by atoms with Gasteiger partial charge in [-0.25, -0.2) is 14.5 Å². The smallest absolute Gasteiger partial charge is 0.331 e. The van der Waals surface area contributed by atoms with Crippen molar-refractivity contribution in [2.24, 2.45) is 0 Å². The van der Waals surface area contributed by atoms with Gasteiger partial charge in [-0.15, -0.1) is 0 Å². The van der Waals surface area contributed by atoms with E-state index in [0.717, 1.165) is 16.0 Å². The first-order chi connectivity index (χ1) is 8.79. The van der Waals surface area contributed by atoms with Gasteiger partial charge in [0.25, 0.3) is 0 Å². The molecule has 1 N–H and O–H groups in total. The molecule has 0 atom stereocenters. The summed E-state index contributed by atoms with van der Waals surface area (Å²) in [5.41, 5.74) is 1.46. The molecule has 1 aliphatic heterocycles. The van der Waals surface area contributed by atoms with Crippen LogP contribution in [0.25, 0.3) is 0 Å². The lowest BCUT2D eigenvalue weighted by molar-refractivity contribution is -0.0857. The Hall–Kier alpha value is -1.82. The molecule has 0 aromatic heterocycles. The Balaban J connectivity index is 3.05. The molecule has 1 heterocycles. The average Bonchev–Trinajstić information content (AvgIpc) is 2.30. The molecule has 0 aromatic carbocycles. The molecule has 0 aliphatic carbocycles. The summed E-state index contributed by atoms with van der Waals surface area (Å²) in [5, 5.41) is 10.2. The van der Waals surface area contributed by atoms with Gasteiger partial charge >= 0.3 is 12.1 Å². The highest BCUT2D eigenvalue weighted by molar-refractivity contribution is 5.96. The highest BCUT2D eigenvalue weighted by Gasteiger charge is 2.42. The largest absolute Gasteiger partial charge is 0.356 e. The van der Waals surface area contributed by atoms with Crippen LogP contribution in [0.3, 0.4) is 0 Å². The number of rotatable bonds is 5. The molecule has 6 nitrogen and oxygen atoms in total. The maximum absolute atomic E-state index is 12.1. The van der Waals surface area contributed by atoms with Crippen LogP contribution < -0.4 is 0 Å². The van der Waals surface area contributed by atoms with Crippen LogP contribution in [-0.2, 0) is 0 Å². The Morgan fingerprint density at radius 1 is 1.11 bits per heavy atom. The van der Waals surface area contributed by atoms with E-state index < -0.39 is 18.4 Å². The van der Waals surface area contributed by atoms with E-state index in [2.05, 4.69) is 13.2 Å². The SMILES string of the molecule is C=C(C)CN1C(=O)N(CC)C(=O)N(CC(=C)C)C1O. The average molecular weight is 267 g/mol. The first-order valence-electron chi connectivity index (χ1n) is 6.15. The maximum atomic E-state index is 12.1. The summed E-state index contributed by atoms with van der Waals surface area (Å²) < 4.78 is 0. The quantitative estimate of drug-likeness (QED) is 0.769. The summed E-state index contributed by atoms with van der Waals surface area (Å²) in [6, 6.07) is -0.998. The van der Waals surface area contributed by atoms with Gasteiger partial charge in [0.05, 0.1) is 0 Å². The minimum Gasteiger partial charge on any atom is -0.356 e. The monoisotopic (exact) mass is 267 g/mol. The van der Waals surface area contributed by atoms with Gasteiger partial charge in [0.1, 0.15) is 0 Å². The fourth-order valence-corrected chi connectivity index (χ4v) is 1.91. The number of urea groups is 2. The number of aliphatic hydroxyl groups excluding tert-OH is 1. The summed E-state index contributed by atoms with van der Waals surface area (Å²) in [4.78, 5) is 27.8. The van der Waals surface area contributed by atoms with E-state index in [9.17, 15) is 14.7 Å². The van der Waals surface area contributed by atoms with Gasteiger partial charge in [0, 0.05) is 19.6 Å². The molecule has 0 spiro atoms. The first-order valence-corrected chi connectivity index (χ1v) is 6.15. The Bertz CT molecular complexity index is 383. The fraction of sp³-hybridized carbons (Fsp3) is 0.538. The van der Waals surface area contributed by atoms with Crippen LogP contribution in [0.2, 0.25) is 0 Å². The molecule has 106 valence electrons. The molecule has 1 saturated heterocycles. The van der Waals surface area contributed by atoms with Crippen LogP contribution in [0.15, 0.2) is 24.3 Å². The van der Waals surface area contributed by atoms with E-state index in [-0.39, 0.29) is 19.6 Å². The van der Waals surface area contributed by atoms with E-state index in [1.165, 1.54) is 9.80 Å². The zero-order valence-electron chi connectivity index (χ0n) is 11.7. The Labute approximate surface area is 113 Å². The van der Waals surface area contributed by atoms with Crippen molar-refractivity contribution in [3.63, 3.8) is 0 Å². The van der Waals surface area contributed by atoms with Crippen molar-refractivity contribution in [3.8, 4) is 0 Å². The number of nitrogens with zero attached hydrogens (tertiary/aromatic N) is 3. The van der Waals surface area contributed by atoms with Gasteiger partial charge in [0.15, 0.2) is 0 Å². The van der Waals surface area contributed by atoms with Crippen LogP contribution in [0.5, 0.6) is 0 Å². The number of amides is 4. The van der Waals surface area contributed by atoms with Crippen molar-refractivity contribution in [3.05, 3.63) is 24.3 Å². The highest BCUT2D eigenvalue weighted by Crippen LogP contribution is 2.19. The van der Waals surface area contributed by atoms with Crippen LogP contribution in [0.4, 0.5) is 9.59 Å². The van der Waals surface area contributed by atoms with Gasteiger partial charge < -0.3 is 5.11 Å². The number of carbonyl (C=O) groups is 2. The second kappa shape index (κ2) is 5.88. The van der Waals surface area contributed by atoms with Crippen LogP contribution in [0, 0.1) is 0 Å². The number of aliphatic hydroxyl groups is 1. The van der Waals surface area contributed by atoms with Crippen molar-refractivity contribution >= 4 is 12.1 Å². The third kappa shape index (κ3) is 3.14. The summed E-state index contributed by atoms with van der Waals surface area (Å²) in [6.07, 6.45) is -1.28. The van der Waals surface area contributed by atoms with Gasteiger partial charge in [-0.05, 0) is 20.8 Å². The molecule has 1 fully saturated rings. The highest BCUT2D eigenvalue weighted by atomic mass is 16.3. The van der Waals surface area contributed by atoms with E-state index in [1.807, 2.05) is 0 Å². The summed E-state index contributed by atoms with van der Waals surface area (Å²) in [5.74, 6) is 0. The van der Waals surface area contributed by atoms with Gasteiger partial charge in [0.2, 0.25) is 6.35 Å². The topological polar surface area (TPSA) is 64.1 Å². The number of hydrogen-bond donors (Lipinski definition) is 1. The fourth-order valence-electron chi connectivity index (χ4n) is 1.91. The number of carbonyl (C=O) groups excluding carboxylic acids is 2. The Morgan fingerprint density at radius 2 is 1.47 bits per heavy atom. The molecule has 6 heteroatoms. The number of hydrogen-bond acceptors (Lipinski definition) is 3. The molecule has 0 bridgehead atoms. The van der Waals surface area contributed by atoms with E-state index in [4.69, 9.17) is 0 Å². The molecule has 1 rings (SSSR count). The molecule has 1 aliphatic rings. The van der Waals surface area contributed by atoms with Gasteiger partial charge in [-0.2, -0.15) is 0 Å². The number of imide groups is 1. The standard InChI is InChI=1S/C13H21N3O3/c1-6-14-11(17)15(7-9(2)3)13(19)16(12(14)18)8-10(4)5/h13,19H,2,4,6-8H2,1,3,5H3. The molecule has 19 heavy (non-hydrogen) atoms. The summed E-state index contributed by atoms with van der Waals surface area (Å²) in [6.45, 7) is 13.4.